The lowest BCUT2D eigenvalue weighted by Crippen LogP contribution is -2.41. The largest absolute Gasteiger partial charge is 0.494 e. The molecule has 4 nitrogen and oxygen atoms in total. The molecule has 0 spiro atoms. The minimum atomic E-state index is -4.57. The molecule has 144 valence electrons. The number of halogens is 3. The second-order valence-corrected chi connectivity index (χ2v) is 7.45. The van der Waals surface area contributed by atoms with Crippen molar-refractivity contribution in [3.05, 3.63) is 53.9 Å². The summed E-state index contributed by atoms with van der Waals surface area (Å²) in [6.07, 6.45) is -3.01. The van der Waals surface area contributed by atoms with E-state index in [1.165, 1.54) is 12.1 Å². The third-order valence-corrected chi connectivity index (χ3v) is 4.94. The van der Waals surface area contributed by atoms with Gasteiger partial charge in [-0.1, -0.05) is 12.1 Å². The zero-order chi connectivity index (χ0) is 19.9. The summed E-state index contributed by atoms with van der Waals surface area (Å²) in [5.41, 5.74) is -1.30. The van der Waals surface area contributed by atoms with Gasteiger partial charge in [0.2, 0.25) is 0 Å². The minimum absolute atomic E-state index is 0.0558. The molecule has 1 saturated heterocycles. The number of rotatable bonds is 4. The third-order valence-electron chi connectivity index (χ3n) is 4.94. The number of hydrogen-bond acceptors (Lipinski definition) is 4. The summed E-state index contributed by atoms with van der Waals surface area (Å²) in [6, 6.07) is 9.01. The molecule has 0 aliphatic carbocycles. The number of nitrogens with zero attached hydrogens (tertiary/aromatic N) is 1. The molecular weight excluding hydrogens is 358 g/mol. The van der Waals surface area contributed by atoms with E-state index in [0.29, 0.717) is 11.2 Å². The van der Waals surface area contributed by atoms with Crippen molar-refractivity contribution < 1.29 is 27.2 Å². The van der Waals surface area contributed by atoms with E-state index in [2.05, 4.69) is 4.98 Å². The molecule has 1 aliphatic heterocycles. The van der Waals surface area contributed by atoms with Gasteiger partial charge in [0, 0.05) is 6.20 Å². The summed E-state index contributed by atoms with van der Waals surface area (Å²) in [7, 11) is -0.874. The second kappa shape index (κ2) is 6.84. The molecule has 0 atom stereocenters. The summed E-state index contributed by atoms with van der Waals surface area (Å²) in [6.45, 7) is 7.34. The molecule has 0 amide bonds. The highest BCUT2D eigenvalue weighted by molar-refractivity contribution is 6.62. The predicted molar refractivity (Wildman–Crippen MR) is 95.7 cm³/mol. The average molecular weight is 379 g/mol. The Hall–Kier alpha value is -2.06. The number of ether oxygens (including phenoxy) is 1. The molecular formula is C19H21BF3NO3. The van der Waals surface area contributed by atoms with Gasteiger partial charge >= 0.3 is 13.3 Å². The lowest BCUT2D eigenvalue weighted by molar-refractivity contribution is -0.139. The van der Waals surface area contributed by atoms with E-state index < -0.39 is 30.1 Å². The lowest BCUT2D eigenvalue weighted by Gasteiger charge is -2.32. The maximum absolute atomic E-state index is 13.6. The van der Waals surface area contributed by atoms with Gasteiger partial charge in [-0.05, 0) is 57.4 Å². The van der Waals surface area contributed by atoms with Gasteiger partial charge in [0.25, 0.3) is 0 Å². The van der Waals surface area contributed by atoms with Crippen molar-refractivity contribution in [1.29, 1.82) is 0 Å². The van der Waals surface area contributed by atoms with Crippen molar-refractivity contribution in [3.63, 3.8) is 0 Å². The van der Waals surface area contributed by atoms with Crippen molar-refractivity contribution in [2.45, 2.75) is 51.7 Å². The highest BCUT2D eigenvalue weighted by atomic mass is 19.4. The first-order valence-corrected chi connectivity index (χ1v) is 8.59. The van der Waals surface area contributed by atoms with Crippen LogP contribution in [0.5, 0.6) is 5.75 Å². The minimum Gasteiger partial charge on any atom is -0.487 e. The van der Waals surface area contributed by atoms with Crippen LogP contribution in [0.4, 0.5) is 13.2 Å². The van der Waals surface area contributed by atoms with Gasteiger partial charge in [0.05, 0.1) is 22.5 Å². The summed E-state index contributed by atoms with van der Waals surface area (Å²) in [4.78, 5) is 4.05. The number of hydrogen-bond donors (Lipinski definition) is 0. The fourth-order valence-corrected chi connectivity index (χ4v) is 2.66. The quantitative estimate of drug-likeness (QED) is 0.754. The van der Waals surface area contributed by atoms with E-state index in [-0.39, 0.29) is 12.4 Å². The number of aromatic nitrogens is 1. The van der Waals surface area contributed by atoms with E-state index in [4.69, 9.17) is 14.0 Å². The van der Waals surface area contributed by atoms with E-state index in [9.17, 15) is 13.2 Å². The number of pyridine rings is 1. The number of benzene rings is 1. The molecule has 27 heavy (non-hydrogen) atoms. The van der Waals surface area contributed by atoms with Gasteiger partial charge < -0.3 is 14.0 Å². The Labute approximate surface area is 156 Å². The highest BCUT2D eigenvalue weighted by Crippen LogP contribution is 2.39. The van der Waals surface area contributed by atoms with E-state index in [1.807, 2.05) is 27.7 Å². The summed E-state index contributed by atoms with van der Waals surface area (Å²) >= 11 is 0. The maximum Gasteiger partial charge on any atom is 0.494 e. The standard InChI is InChI=1S/C19H21BF3NO3/c1-17(2)18(3,4)27-20(26-17)13-8-9-16(15(11-13)19(21,22)23)25-12-14-7-5-6-10-24-14/h5-11H,12H2,1-4H3. The lowest BCUT2D eigenvalue weighted by atomic mass is 9.78. The van der Waals surface area contributed by atoms with Crippen LogP contribution in [0.3, 0.4) is 0 Å². The molecule has 8 heteroatoms. The molecule has 1 fully saturated rings. The topological polar surface area (TPSA) is 40.6 Å². The molecule has 2 heterocycles. The molecule has 2 aromatic rings. The van der Waals surface area contributed by atoms with Gasteiger partial charge in [-0.25, -0.2) is 0 Å². The summed E-state index contributed by atoms with van der Waals surface area (Å²) < 4.78 is 57.8. The summed E-state index contributed by atoms with van der Waals surface area (Å²) in [5.74, 6) is -0.256. The molecule has 0 bridgehead atoms. The van der Waals surface area contributed by atoms with Crippen molar-refractivity contribution in [2.75, 3.05) is 0 Å². The van der Waals surface area contributed by atoms with Crippen molar-refractivity contribution in [1.82, 2.24) is 4.98 Å². The zero-order valence-electron chi connectivity index (χ0n) is 15.6. The van der Waals surface area contributed by atoms with E-state index in [0.717, 1.165) is 6.07 Å². The average Bonchev–Trinajstić information content (AvgIpc) is 2.81. The highest BCUT2D eigenvalue weighted by Gasteiger charge is 2.52. The van der Waals surface area contributed by atoms with Gasteiger partial charge in [-0.3, -0.25) is 4.98 Å². The molecule has 1 aromatic heterocycles. The van der Waals surface area contributed by atoms with Crippen LogP contribution in [0.2, 0.25) is 0 Å². The predicted octanol–water partition coefficient (Wildman–Crippen LogP) is 3.98. The Morgan fingerprint density at radius 2 is 1.70 bits per heavy atom. The Kier molecular flexibility index (Phi) is 4.99. The SMILES string of the molecule is CC1(C)OB(c2ccc(OCc3ccccn3)c(C(F)(F)F)c2)OC1(C)C. The molecule has 1 aromatic carbocycles. The van der Waals surface area contributed by atoms with Crippen molar-refractivity contribution in [2.24, 2.45) is 0 Å². The van der Waals surface area contributed by atoms with Crippen LogP contribution < -0.4 is 10.2 Å². The van der Waals surface area contributed by atoms with Crippen LogP contribution >= 0.6 is 0 Å². The van der Waals surface area contributed by atoms with Crippen molar-refractivity contribution in [3.8, 4) is 5.75 Å². The third kappa shape index (κ3) is 4.11. The van der Waals surface area contributed by atoms with Gasteiger partial charge in [0.1, 0.15) is 12.4 Å². The van der Waals surface area contributed by atoms with Crippen LogP contribution in [0, 0.1) is 0 Å². The molecule has 3 rings (SSSR count). The summed E-state index contributed by atoms with van der Waals surface area (Å²) in [5, 5.41) is 0. The Bertz CT molecular complexity index is 794. The van der Waals surface area contributed by atoms with Crippen molar-refractivity contribution >= 4 is 12.6 Å². The molecule has 0 unspecified atom stereocenters. The Morgan fingerprint density at radius 1 is 1.04 bits per heavy atom. The van der Waals surface area contributed by atoms with Gasteiger partial charge in [0.15, 0.2) is 0 Å². The first-order valence-electron chi connectivity index (χ1n) is 8.59. The van der Waals surface area contributed by atoms with E-state index in [1.54, 1.807) is 24.4 Å². The molecule has 0 radical (unpaired) electrons. The molecule has 0 saturated carbocycles. The van der Waals surface area contributed by atoms with Gasteiger partial charge in [-0.15, -0.1) is 0 Å². The molecule has 0 N–H and O–H groups in total. The fourth-order valence-electron chi connectivity index (χ4n) is 2.66. The van der Waals surface area contributed by atoms with Crippen LogP contribution in [0.25, 0.3) is 0 Å². The first kappa shape index (κ1) is 19.7. The molecule has 1 aliphatic rings. The van der Waals surface area contributed by atoms with E-state index >= 15 is 0 Å². The Morgan fingerprint density at radius 3 is 2.26 bits per heavy atom. The zero-order valence-corrected chi connectivity index (χ0v) is 15.6. The van der Waals surface area contributed by atoms with Crippen LogP contribution in [0.15, 0.2) is 42.6 Å². The Balaban J connectivity index is 1.87. The van der Waals surface area contributed by atoms with Crippen LogP contribution in [0.1, 0.15) is 39.0 Å². The maximum atomic E-state index is 13.6. The van der Waals surface area contributed by atoms with Gasteiger partial charge in [-0.2, -0.15) is 13.2 Å². The normalized spacial score (nSPS) is 18.6. The number of alkyl halides is 3. The first-order chi connectivity index (χ1) is 12.5. The smallest absolute Gasteiger partial charge is 0.487 e. The fraction of sp³-hybridized carbons (Fsp3) is 0.421. The second-order valence-electron chi connectivity index (χ2n) is 7.45. The van der Waals surface area contributed by atoms with Crippen LogP contribution in [-0.4, -0.2) is 23.3 Å². The van der Waals surface area contributed by atoms with Crippen LogP contribution in [-0.2, 0) is 22.1 Å². The monoisotopic (exact) mass is 379 g/mol.